The summed E-state index contributed by atoms with van der Waals surface area (Å²) in [4.78, 5) is 7.47. The van der Waals surface area contributed by atoms with Crippen molar-refractivity contribution in [1.82, 2.24) is 0 Å². The summed E-state index contributed by atoms with van der Waals surface area (Å²) < 4.78 is 63.5. The van der Waals surface area contributed by atoms with Gasteiger partial charge in [-0.25, -0.2) is 0 Å². The van der Waals surface area contributed by atoms with Gasteiger partial charge in [-0.1, -0.05) is 52.1 Å². The van der Waals surface area contributed by atoms with E-state index in [4.69, 9.17) is 46.4 Å². The molecule has 0 fully saturated rings. The maximum atomic E-state index is 11.3. The van der Waals surface area contributed by atoms with Crippen molar-refractivity contribution in [2.24, 2.45) is 0 Å². The summed E-state index contributed by atoms with van der Waals surface area (Å²) in [6.07, 6.45) is 4.09. The van der Waals surface area contributed by atoms with E-state index in [-0.39, 0.29) is 24.1 Å². The van der Waals surface area contributed by atoms with E-state index in [2.05, 4.69) is 22.5 Å². The average Bonchev–Trinajstić information content (AvgIpc) is 3.38. The zero-order chi connectivity index (χ0) is 33.1. The van der Waals surface area contributed by atoms with Crippen LogP contribution < -0.4 is 19.6 Å². The SMILES string of the molecule is CCN1C(=C=CCC2N(CCCCS(=O)(=O)O)c3cc(Cl)c(Cl)cc3[NH+]2CC)N(CCCCS(=O)(=O)O)c2cc(Cl)c(Cl)cc21. The van der Waals surface area contributed by atoms with Gasteiger partial charge in [0, 0.05) is 32.1 Å². The Hall–Kier alpha value is -1.70. The van der Waals surface area contributed by atoms with Crippen LogP contribution in [0.1, 0.15) is 46.0 Å². The Balaban J connectivity index is 1.67. The van der Waals surface area contributed by atoms with Crippen LogP contribution in [0.5, 0.6) is 0 Å². The smallest absolute Gasteiger partial charge is 0.264 e. The molecule has 2 aliphatic heterocycles. The second-order valence-electron chi connectivity index (χ2n) is 10.9. The first-order valence-electron chi connectivity index (χ1n) is 14.7. The molecule has 0 bridgehead atoms. The van der Waals surface area contributed by atoms with E-state index < -0.39 is 20.2 Å². The van der Waals surface area contributed by atoms with E-state index in [1.807, 2.05) is 30.0 Å². The molecule has 16 heteroatoms. The minimum absolute atomic E-state index is 0.0654. The molecule has 0 radical (unpaired) electrons. The van der Waals surface area contributed by atoms with Gasteiger partial charge in [-0.2, -0.15) is 16.8 Å². The second kappa shape index (κ2) is 15.0. The highest BCUT2D eigenvalue weighted by Crippen LogP contribution is 2.45. The molecule has 2 aliphatic rings. The molecule has 0 aromatic heterocycles. The topological polar surface area (TPSA) is 123 Å². The predicted octanol–water partition coefficient (Wildman–Crippen LogP) is 6.05. The van der Waals surface area contributed by atoms with E-state index in [1.165, 1.54) is 4.90 Å². The lowest BCUT2D eigenvalue weighted by molar-refractivity contribution is -0.851. The van der Waals surface area contributed by atoms with Gasteiger partial charge >= 0.3 is 0 Å². The molecule has 0 aliphatic carbocycles. The standard InChI is InChI=1S/C29H36Cl4N4O6S2/c1-3-34-24-16-20(30)22(32)18-26(24)36(12-5-7-14-44(38,39)40)28(34)10-9-11-29-35(4-2)25-17-21(31)23(33)19-27(25)37(29)13-6-8-15-45(41,42)43/h9,16-19,28H,3-8,10,12-15H2,1-2H3,(H,38,39,40)(H,41,42,43)/p+1. The summed E-state index contributed by atoms with van der Waals surface area (Å²) in [6, 6.07) is 7.31. The fourth-order valence-electron chi connectivity index (χ4n) is 5.96. The van der Waals surface area contributed by atoms with Crippen molar-refractivity contribution in [1.29, 1.82) is 0 Å². The van der Waals surface area contributed by atoms with Crippen molar-refractivity contribution < 1.29 is 30.8 Å². The van der Waals surface area contributed by atoms with Gasteiger partial charge in [-0.15, -0.1) is 0 Å². The summed E-state index contributed by atoms with van der Waals surface area (Å²) in [7, 11) is -8.12. The van der Waals surface area contributed by atoms with Crippen molar-refractivity contribution in [3.05, 3.63) is 62.0 Å². The average molecular weight is 744 g/mol. The third-order valence-corrected chi connectivity index (χ3v) is 11.0. The molecule has 0 spiro atoms. The lowest BCUT2D eigenvalue weighted by atomic mass is 10.2. The van der Waals surface area contributed by atoms with Crippen molar-refractivity contribution in [3.63, 3.8) is 0 Å². The lowest BCUT2D eigenvalue weighted by Crippen LogP contribution is -3.11. The van der Waals surface area contributed by atoms with Crippen molar-refractivity contribution >= 4 is 89.4 Å². The molecule has 2 unspecified atom stereocenters. The minimum Gasteiger partial charge on any atom is -0.319 e. The highest BCUT2D eigenvalue weighted by molar-refractivity contribution is 7.86. The largest absolute Gasteiger partial charge is 0.319 e. The van der Waals surface area contributed by atoms with Gasteiger partial charge in [0.05, 0.1) is 49.5 Å². The Morgan fingerprint density at radius 2 is 1.29 bits per heavy atom. The number of anilines is 3. The van der Waals surface area contributed by atoms with Crippen LogP contribution in [-0.4, -0.2) is 69.8 Å². The van der Waals surface area contributed by atoms with Crippen LogP contribution in [0.25, 0.3) is 0 Å². The van der Waals surface area contributed by atoms with Gasteiger partial charge in [0.15, 0.2) is 17.7 Å². The Bertz CT molecular complexity index is 1700. The first kappa shape index (κ1) is 36.1. The van der Waals surface area contributed by atoms with Crippen molar-refractivity contribution in [3.8, 4) is 0 Å². The zero-order valence-corrected chi connectivity index (χ0v) is 29.6. The van der Waals surface area contributed by atoms with Crippen LogP contribution in [0.15, 0.2) is 41.9 Å². The Morgan fingerprint density at radius 1 is 0.778 bits per heavy atom. The number of nitrogens with zero attached hydrogens (tertiary/aromatic N) is 3. The van der Waals surface area contributed by atoms with E-state index in [0.29, 0.717) is 65.4 Å². The first-order valence-corrected chi connectivity index (χ1v) is 19.4. The predicted molar refractivity (Wildman–Crippen MR) is 183 cm³/mol. The van der Waals surface area contributed by atoms with Crippen LogP contribution in [0.3, 0.4) is 0 Å². The molecule has 10 nitrogen and oxygen atoms in total. The van der Waals surface area contributed by atoms with E-state index in [9.17, 15) is 25.9 Å². The lowest BCUT2D eigenvalue weighted by Gasteiger charge is -2.27. The number of fused-ring (bicyclic) bond motifs is 2. The molecule has 45 heavy (non-hydrogen) atoms. The third-order valence-electron chi connectivity index (χ3n) is 7.94. The highest BCUT2D eigenvalue weighted by atomic mass is 35.5. The summed E-state index contributed by atoms with van der Waals surface area (Å²) in [6.45, 7) is 6.46. The van der Waals surface area contributed by atoms with Crippen LogP contribution >= 0.6 is 46.4 Å². The van der Waals surface area contributed by atoms with Gasteiger partial charge in [-0.3, -0.25) is 14.0 Å². The number of quaternary nitrogens is 1. The summed E-state index contributed by atoms with van der Waals surface area (Å²) in [5.74, 6) is 0.127. The number of hydrogen-bond acceptors (Lipinski definition) is 7. The van der Waals surface area contributed by atoms with Crippen molar-refractivity contribution in [2.45, 2.75) is 52.1 Å². The number of benzene rings is 2. The molecule has 248 valence electrons. The molecule has 4 rings (SSSR count). The molecule has 2 aromatic carbocycles. The van der Waals surface area contributed by atoms with E-state index in [0.717, 1.165) is 35.1 Å². The fraction of sp³-hybridized carbons (Fsp3) is 0.483. The molecule has 3 N–H and O–H groups in total. The van der Waals surface area contributed by atoms with E-state index in [1.54, 1.807) is 12.1 Å². The number of unbranched alkanes of at least 4 members (excludes halogenated alkanes) is 2. The maximum absolute atomic E-state index is 11.3. The highest BCUT2D eigenvalue weighted by Gasteiger charge is 2.40. The summed E-state index contributed by atoms with van der Waals surface area (Å²) >= 11 is 25.6. The second-order valence-corrected chi connectivity index (χ2v) is 15.7. The number of rotatable bonds is 14. The molecule has 2 heterocycles. The van der Waals surface area contributed by atoms with Crippen LogP contribution in [0.2, 0.25) is 20.1 Å². The van der Waals surface area contributed by atoms with Crippen molar-refractivity contribution in [2.75, 3.05) is 52.4 Å². The summed E-state index contributed by atoms with van der Waals surface area (Å²) in [5.41, 5.74) is 7.10. The van der Waals surface area contributed by atoms with Gasteiger partial charge in [0.25, 0.3) is 20.2 Å². The fourth-order valence-corrected chi connectivity index (χ4v) is 7.73. The number of halogens is 4. The molecular weight excluding hydrogens is 706 g/mol. The molecule has 0 saturated carbocycles. The molecule has 0 amide bonds. The summed E-state index contributed by atoms with van der Waals surface area (Å²) in [5, 5.41) is 1.69. The Labute approximate surface area is 285 Å². The monoisotopic (exact) mass is 741 g/mol. The maximum Gasteiger partial charge on any atom is 0.264 e. The quantitative estimate of drug-likeness (QED) is 0.121. The third kappa shape index (κ3) is 8.81. The number of hydrogen-bond donors (Lipinski definition) is 3. The Morgan fingerprint density at radius 3 is 1.82 bits per heavy atom. The van der Waals surface area contributed by atoms with Gasteiger partial charge < -0.3 is 14.7 Å². The van der Waals surface area contributed by atoms with Gasteiger partial charge in [0.2, 0.25) is 0 Å². The zero-order valence-electron chi connectivity index (χ0n) is 24.9. The Kier molecular flexibility index (Phi) is 12.1. The van der Waals surface area contributed by atoms with Crippen LogP contribution in [0, 0.1) is 0 Å². The van der Waals surface area contributed by atoms with Crippen LogP contribution in [0.4, 0.5) is 22.7 Å². The normalized spacial score (nSPS) is 18.0. The van der Waals surface area contributed by atoms with E-state index >= 15 is 0 Å². The first-order chi connectivity index (χ1) is 21.1. The van der Waals surface area contributed by atoms with Crippen LogP contribution in [-0.2, 0) is 20.2 Å². The number of nitrogens with one attached hydrogen (secondary N) is 1. The molecule has 2 aromatic rings. The molecular formula is C29H37Cl4N4O6S2+. The molecule has 0 saturated heterocycles. The molecule has 2 atom stereocenters. The van der Waals surface area contributed by atoms with Gasteiger partial charge in [0.1, 0.15) is 5.69 Å². The minimum atomic E-state index is -4.06. The van der Waals surface area contributed by atoms with Gasteiger partial charge in [-0.05, 0) is 63.8 Å².